The molecule has 0 N–H and O–H groups in total. The van der Waals surface area contributed by atoms with E-state index in [-0.39, 0.29) is 29.6 Å². The molecule has 1 aromatic carbocycles. The van der Waals surface area contributed by atoms with Crippen molar-refractivity contribution in [1.82, 2.24) is 9.97 Å². The summed E-state index contributed by atoms with van der Waals surface area (Å²) >= 11 is 0. The molecule has 0 saturated carbocycles. The number of hydrogen-bond donors (Lipinski definition) is 0. The Morgan fingerprint density at radius 2 is 1.54 bits per heavy atom. The van der Waals surface area contributed by atoms with Crippen LogP contribution in [0.4, 0.5) is 5.95 Å². The molecule has 124 valence electrons. The Balaban J connectivity index is 1.90. The van der Waals surface area contributed by atoms with Crippen LogP contribution in [0.3, 0.4) is 0 Å². The van der Waals surface area contributed by atoms with Gasteiger partial charge in [-0.15, -0.1) is 0 Å². The molecule has 5 nitrogen and oxygen atoms in total. The number of imide groups is 1. The maximum absolute atomic E-state index is 12.8. The third-order valence-corrected chi connectivity index (χ3v) is 4.50. The molecule has 1 fully saturated rings. The van der Waals surface area contributed by atoms with Gasteiger partial charge in [-0.05, 0) is 38.8 Å². The van der Waals surface area contributed by atoms with E-state index in [1.807, 2.05) is 58.0 Å². The average molecular weight is 323 g/mol. The van der Waals surface area contributed by atoms with Gasteiger partial charge in [-0.3, -0.25) is 9.59 Å². The zero-order chi connectivity index (χ0) is 17.4. The van der Waals surface area contributed by atoms with Crippen LogP contribution in [0.2, 0.25) is 0 Å². The largest absolute Gasteiger partial charge is 0.274 e. The minimum Gasteiger partial charge on any atom is -0.274 e. The molecule has 3 rings (SSSR count). The highest BCUT2D eigenvalue weighted by Crippen LogP contribution is 2.31. The van der Waals surface area contributed by atoms with Gasteiger partial charge in [0.1, 0.15) is 0 Å². The molecule has 24 heavy (non-hydrogen) atoms. The average Bonchev–Trinajstić information content (AvgIpc) is 2.72. The van der Waals surface area contributed by atoms with Crippen LogP contribution in [0.1, 0.15) is 29.4 Å². The van der Waals surface area contributed by atoms with Crippen LogP contribution in [-0.2, 0) is 16.0 Å². The van der Waals surface area contributed by atoms with Gasteiger partial charge in [0.15, 0.2) is 0 Å². The molecule has 1 aliphatic heterocycles. The molecule has 1 aliphatic rings. The third-order valence-electron chi connectivity index (χ3n) is 4.50. The van der Waals surface area contributed by atoms with Crippen molar-refractivity contribution < 1.29 is 9.59 Å². The Hall–Kier alpha value is -2.56. The molecular weight excluding hydrogens is 302 g/mol. The van der Waals surface area contributed by atoms with Crippen LogP contribution < -0.4 is 4.90 Å². The van der Waals surface area contributed by atoms with Crippen molar-refractivity contribution >= 4 is 17.8 Å². The lowest BCUT2D eigenvalue weighted by molar-refractivity contribution is -0.122. The number of aromatic nitrogens is 2. The minimum absolute atomic E-state index is 0.195. The fourth-order valence-electron chi connectivity index (χ4n) is 3.11. The number of aryl methyl sites for hydroxylation is 3. The molecule has 0 unspecified atom stereocenters. The van der Waals surface area contributed by atoms with Gasteiger partial charge < -0.3 is 0 Å². The van der Waals surface area contributed by atoms with E-state index in [4.69, 9.17) is 0 Å². The molecule has 0 spiro atoms. The van der Waals surface area contributed by atoms with Crippen LogP contribution in [0.5, 0.6) is 0 Å². The summed E-state index contributed by atoms with van der Waals surface area (Å²) in [7, 11) is 0. The second-order valence-electron chi connectivity index (χ2n) is 6.55. The number of amides is 2. The first kappa shape index (κ1) is 16.3. The number of hydrogen-bond acceptors (Lipinski definition) is 4. The molecule has 0 radical (unpaired) electrons. The van der Waals surface area contributed by atoms with E-state index in [1.54, 1.807) is 0 Å². The Bertz CT molecular complexity index is 779. The third kappa shape index (κ3) is 2.94. The summed E-state index contributed by atoms with van der Waals surface area (Å²) < 4.78 is 0. The first-order valence-electron chi connectivity index (χ1n) is 8.12. The fourth-order valence-corrected chi connectivity index (χ4v) is 3.11. The monoisotopic (exact) mass is 323 g/mol. The predicted octanol–water partition coefficient (Wildman–Crippen LogP) is 2.77. The number of carbonyl (C=O) groups excluding carboxylic acids is 2. The highest BCUT2D eigenvalue weighted by Gasteiger charge is 2.46. The summed E-state index contributed by atoms with van der Waals surface area (Å²) in [5.41, 5.74) is 3.72. The smallest absolute Gasteiger partial charge is 0.240 e. The van der Waals surface area contributed by atoms with E-state index >= 15 is 0 Å². The highest BCUT2D eigenvalue weighted by atomic mass is 16.2. The Labute approximate surface area is 141 Å². The predicted molar refractivity (Wildman–Crippen MR) is 91.5 cm³/mol. The number of rotatable bonds is 3. The quantitative estimate of drug-likeness (QED) is 0.815. The Morgan fingerprint density at radius 1 is 0.958 bits per heavy atom. The van der Waals surface area contributed by atoms with Crippen molar-refractivity contribution in [1.29, 1.82) is 0 Å². The summed E-state index contributed by atoms with van der Waals surface area (Å²) in [6.07, 6.45) is 0.549. The minimum atomic E-state index is -0.372. The normalized spacial score (nSPS) is 20.8. The number of anilines is 1. The molecule has 2 aromatic rings. The van der Waals surface area contributed by atoms with Crippen molar-refractivity contribution in [2.45, 2.75) is 34.1 Å². The molecule has 0 bridgehead atoms. The molecule has 2 heterocycles. The SMILES string of the molecule is Cc1ccc(C[C@@H]2C(=O)N(c3nc(C)cc(C)n3)C(=O)[C@@H]2C)cc1. The molecule has 2 atom stereocenters. The molecule has 0 aliphatic carbocycles. The summed E-state index contributed by atoms with van der Waals surface area (Å²) in [5.74, 6) is -0.978. The van der Waals surface area contributed by atoms with Gasteiger partial charge in [0.2, 0.25) is 17.8 Å². The van der Waals surface area contributed by atoms with Gasteiger partial charge in [-0.25, -0.2) is 14.9 Å². The van der Waals surface area contributed by atoms with Gasteiger partial charge in [0.05, 0.1) is 5.92 Å². The molecule has 2 amide bonds. The zero-order valence-electron chi connectivity index (χ0n) is 14.4. The molecule has 1 saturated heterocycles. The molecule has 1 aromatic heterocycles. The lowest BCUT2D eigenvalue weighted by Crippen LogP contribution is -2.33. The van der Waals surface area contributed by atoms with Crippen molar-refractivity contribution in [3.05, 3.63) is 52.8 Å². The van der Waals surface area contributed by atoms with Gasteiger partial charge in [0.25, 0.3) is 0 Å². The first-order valence-corrected chi connectivity index (χ1v) is 8.12. The topological polar surface area (TPSA) is 63.2 Å². The standard InChI is InChI=1S/C19H21N3O2/c1-11-5-7-15(8-6-11)10-16-14(4)17(23)22(18(16)24)19-20-12(2)9-13(3)21-19/h5-9,14,16H,10H2,1-4H3/t14-,16+/m1/s1. The summed E-state index contributed by atoms with van der Waals surface area (Å²) in [6, 6.07) is 9.88. The van der Waals surface area contributed by atoms with Crippen molar-refractivity contribution in [2.75, 3.05) is 4.90 Å². The number of carbonyl (C=O) groups is 2. The highest BCUT2D eigenvalue weighted by molar-refractivity contribution is 6.21. The van der Waals surface area contributed by atoms with Crippen LogP contribution in [-0.4, -0.2) is 21.8 Å². The Kier molecular flexibility index (Phi) is 4.18. The van der Waals surface area contributed by atoms with Crippen LogP contribution in [0.25, 0.3) is 0 Å². The van der Waals surface area contributed by atoms with E-state index < -0.39 is 0 Å². The molecular formula is C19H21N3O2. The summed E-state index contributed by atoms with van der Waals surface area (Å²) in [5, 5.41) is 0. The van der Waals surface area contributed by atoms with Crippen LogP contribution in [0.15, 0.2) is 30.3 Å². The molecule has 5 heteroatoms. The fraction of sp³-hybridized carbons (Fsp3) is 0.368. The summed E-state index contributed by atoms with van der Waals surface area (Å²) in [6.45, 7) is 7.49. The van der Waals surface area contributed by atoms with E-state index in [0.29, 0.717) is 6.42 Å². The number of benzene rings is 1. The second kappa shape index (κ2) is 6.15. The van der Waals surface area contributed by atoms with E-state index in [0.717, 1.165) is 21.9 Å². The van der Waals surface area contributed by atoms with E-state index in [2.05, 4.69) is 9.97 Å². The van der Waals surface area contributed by atoms with Crippen molar-refractivity contribution in [3.63, 3.8) is 0 Å². The first-order chi connectivity index (χ1) is 11.4. The van der Waals surface area contributed by atoms with Gasteiger partial charge in [0, 0.05) is 17.3 Å². The van der Waals surface area contributed by atoms with Crippen LogP contribution >= 0.6 is 0 Å². The summed E-state index contributed by atoms with van der Waals surface area (Å²) in [4.78, 5) is 35.2. The second-order valence-corrected chi connectivity index (χ2v) is 6.55. The Morgan fingerprint density at radius 3 is 2.12 bits per heavy atom. The van der Waals surface area contributed by atoms with E-state index in [1.165, 1.54) is 5.56 Å². The maximum atomic E-state index is 12.8. The van der Waals surface area contributed by atoms with Crippen LogP contribution in [0, 0.1) is 32.6 Å². The zero-order valence-corrected chi connectivity index (χ0v) is 14.4. The maximum Gasteiger partial charge on any atom is 0.240 e. The van der Waals surface area contributed by atoms with E-state index in [9.17, 15) is 9.59 Å². The lowest BCUT2D eigenvalue weighted by atomic mass is 9.90. The van der Waals surface area contributed by atoms with Crippen molar-refractivity contribution in [2.24, 2.45) is 11.8 Å². The van der Waals surface area contributed by atoms with Crippen molar-refractivity contribution in [3.8, 4) is 0 Å². The van der Waals surface area contributed by atoms with Gasteiger partial charge >= 0.3 is 0 Å². The number of nitrogens with zero attached hydrogens (tertiary/aromatic N) is 3. The van der Waals surface area contributed by atoms with Gasteiger partial charge in [-0.1, -0.05) is 36.8 Å². The lowest BCUT2D eigenvalue weighted by Gasteiger charge is -2.14. The van der Waals surface area contributed by atoms with Gasteiger partial charge in [-0.2, -0.15) is 0 Å².